The summed E-state index contributed by atoms with van der Waals surface area (Å²) in [7, 11) is -3.38. The van der Waals surface area contributed by atoms with Crippen molar-refractivity contribution in [2.45, 2.75) is 31.6 Å². The second kappa shape index (κ2) is 4.53. The van der Waals surface area contributed by atoms with Crippen molar-refractivity contribution in [1.82, 2.24) is 0 Å². The van der Waals surface area contributed by atoms with Crippen molar-refractivity contribution < 1.29 is 13.2 Å². The molecule has 4 heteroatoms. The summed E-state index contributed by atoms with van der Waals surface area (Å²) in [5, 5.41) is 0. The quantitative estimate of drug-likeness (QED) is 0.813. The lowest BCUT2D eigenvalue weighted by atomic mass is 10.2. The molecule has 0 saturated carbocycles. The maximum absolute atomic E-state index is 12.3. The average Bonchev–Trinajstić information content (AvgIpc) is 2.82. The molecule has 1 saturated heterocycles. The van der Waals surface area contributed by atoms with Crippen molar-refractivity contribution in [3.05, 3.63) is 40.5 Å². The van der Waals surface area contributed by atoms with E-state index in [1.54, 1.807) is 31.2 Å². The van der Waals surface area contributed by atoms with Gasteiger partial charge in [0.25, 0.3) is 0 Å². The summed E-state index contributed by atoms with van der Waals surface area (Å²) in [6.45, 7) is 4.17. The smallest absolute Gasteiger partial charge is 0.205 e. The second-order valence-electron chi connectivity index (χ2n) is 4.25. The van der Waals surface area contributed by atoms with E-state index >= 15 is 0 Å². The number of benzene rings is 1. The van der Waals surface area contributed by atoms with Crippen molar-refractivity contribution in [1.29, 1.82) is 0 Å². The zero-order valence-electron chi connectivity index (χ0n) is 10.1. The Hall–Kier alpha value is -1.29. The molecule has 0 radical (unpaired) electrons. The van der Waals surface area contributed by atoms with E-state index in [1.807, 2.05) is 6.92 Å². The van der Waals surface area contributed by atoms with Crippen molar-refractivity contribution in [3.8, 4) is 0 Å². The maximum Gasteiger partial charge on any atom is 0.205 e. The van der Waals surface area contributed by atoms with Gasteiger partial charge in [0, 0.05) is 6.42 Å². The molecule has 0 aliphatic carbocycles. The molecule has 1 aliphatic rings. The Balaban J connectivity index is 2.43. The van der Waals surface area contributed by atoms with Crippen molar-refractivity contribution in [3.63, 3.8) is 0 Å². The third kappa shape index (κ3) is 2.36. The van der Waals surface area contributed by atoms with Gasteiger partial charge in [-0.1, -0.05) is 17.7 Å². The second-order valence-corrected chi connectivity index (χ2v) is 6.34. The number of hydrogen-bond donors (Lipinski definition) is 0. The highest BCUT2D eigenvalue weighted by Crippen LogP contribution is 2.27. The largest absolute Gasteiger partial charge is 0.497 e. The lowest BCUT2D eigenvalue weighted by Crippen LogP contribution is -2.05. The van der Waals surface area contributed by atoms with Gasteiger partial charge in [0.1, 0.15) is 5.76 Å². The van der Waals surface area contributed by atoms with Crippen molar-refractivity contribution >= 4 is 9.84 Å². The van der Waals surface area contributed by atoms with Gasteiger partial charge in [0.2, 0.25) is 9.84 Å². The molecule has 1 aromatic rings. The van der Waals surface area contributed by atoms with E-state index in [1.165, 1.54) is 0 Å². The number of hydrogen-bond acceptors (Lipinski definition) is 3. The maximum atomic E-state index is 12.3. The Labute approximate surface area is 102 Å². The van der Waals surface area contributed by atoms with E-state index in [4.69, 9.17) is 4.74 Å². The van der Waals surface area contributed by atoms with E-state index in [9.17, 15) is 8.42 Å². The zero-order valence-corrected chi connectivity index (χ0v) is 10.9. The molecule has 1 heterocycles. The first kappa shape index (κ1) is 12.2. The predicted molar refractivity (Wildman–Crippen MR) is 66.3 cm³/mol. The Morgan fingerprint density at radius 2 is 1.88 bits per heavy atom. The first-order valence-corrected chi connectivity index (χ1v) is 7.14. The molecule has 1 aliphatic heterocycles. The molecule has 0 unspecified atom stereocenters. The van der Waals surface area contributed by atoms with Gasteiger partial charge in [-0.3, -0.25) is 0 Å². The molecule has 1 aromatic carbocycles. The normalized spacial score (nSPS) is 18.9. The van der Waals surface area contributed by atoms with Gasteiger partial charge in [0.15, 0.2) is 0 Å². The van der Waals surface area contributed by atoms with Crippen LogP contribution >= 0.6 is 0 Å². The summed E-state index contributed by atoms with van der Waals surface area (Å²) < 4.78 is 29.9. The minimum Gasteiger partial charge on any atom is -0.497 e. The van der Waals surface area contributed by atoms with Crippen LogP contribution in [0.1, 0.15) is 25.3 Å². The van der Waals surface area contributed by atoms with Crippen molar-refractivity contribution in [2.24, 2.45) is 0 Å². The number of sulfone groups is 1. The van der Waals surface area contributed by atoms with Crippen LogP contribution in [0.25, 0.3) is 0 Å². The van der Waals surface area contributed by atoms with Crippen LogP contribution in [0.2, 0.25) is 0 Å². The van der Waals surface area contributed by atoms with Gasteiger partial charge in [-0.25, -0.2) is 8.42 Å². The molecule has 0 spiro atoms. The summed E-state index contributed by atoms with van der Waals surface area (Å²) in [5.74, 6) is 0.616. The Bertz CT molecular complexity index is 531. The lowest BCUT2D eigenvalue weighted by molar-refractivity contribution is 0.261. The third-order valence-corrected chi connectivity index (χ3v) is 4.88. The van der Waals surface area contributed by atoms with Gasteiger partial charge in [0.05, 0.1) is 16.4 Å². The number of ether oxygens (including phenoxy) is 1. The number of rotatable bonds is 2. The molecule has 92 valence electrons. The van der Waals surface area contributed by atoms with Crippen LogP contribution in [0, 0.1) is 6.92 Å². The van der Waals surface area contributed by atoms with E-state index in [2.05, 4.69) is 0 Å². The number of allylic oxidation sites excluding steroid dienone is 2. The molecular weight excluding hydrogens is 236 g/mol. The lowest BCUT2D eigenvalue weighted by Gasteiger charge is -2.08. The van der Waals surface area contributed by atoms with Crippen LogP contribution in [0.3, 0.4) is 0 Å². The molecular formula is C13H16O3S. The van der Waals surface area contributed by atoms with Crippen LogP contribution < -0.4 is 0 Å². The highest BCUT2D eigenvalue weighted by molar-refractivity contribution is 7.95. The van der Waals surface area contributed by atoms with Crippen LogP contribution in [0.4, 0.5) is 0 Å². The Morgan fingerprint density at radius 3 is 2.41 bits per heavy atom. The molecule has 0 atom stereocenters. The first-order chi connectivity index (χ1) is 8.01. The molecule has 0 amide bonds. The Morgan fingerprint density at radius 1 is 1.24 bits per heavy atom. The average molecular weight is 252 g/mol. The van der Waals surface area contributed by atoms with Gasteiger partial charge >= 0.3 is 0 Å². The minimum atomic E-state index is -3.38. The fraction of sp³-hybridized carbons (Fsp3) is 0.385. The van der Waals surface area contributed by atoms with Gasteiger partial charge in [-0.15, -0.1) is 0 Å². The highest BCUT2D eigenvalue weighted by Gasteiger charge is 2.23. The van der Waals surface area contributed by atoms with Gasteiger partial charge in [-0.05, 0) is 32.4 Å². The fourth-order valence-corrected chi connectivity index (χ4v) is 3.13. The van der Waals surface area contributed by atoms with Crippen LogP contribution in [-0.4, -0.2) is 15.0 Å². The Kier molecular flexibility index (Phi) is 3.24. The number of aryl methyl sites for hydroxylation is 1. The van der Waals surface area contributed by atoms with Crippen LogP contribution in [0.15, 0.2) is 39.8 Å². The molecule has 17 heavy (non-hydrogen) atoms. The minimum absolute atomic E-state index is 0.337. The first-order valence-electron chi connectivity index (χ1n) is 5.66. The molecule has 0 bridgehead atoms. The van der Waals surface area contributed by atoms with Gasteiger partial charge < -0.3 is 4.74 Å². The topological polar surface area (TPSA) is 43.4 Å². The van der Waals surface area contributed by atoms with Crippen LogP contribution in [-0.2, 0) is 14.6 Å². The molecule has 0 aromatic heterocycles. The highest BCUT2D eigenvalue weighted by atomic mass is 32.2. The fourth-order valence-electron chi connectivity index (χ4n) is 1.82. The molecule has 1 fully saturated rings. The van der Waals surface area contributed by atoms with E-state index in [0.29, 0.717) is 22.2 Å². The van der Waals surface area contributed by atoms with Crippen LogP contribution in [0.5, 0.6) is 0 Å². The summed E-state index contributed by atoms with van der Waals surface area (Å²) >= 11 is 0. The predicted octanol–water partition coefficient (Wildman–Crippen LogP) is 2.81. The van der Waals surface area contributed by atoms with E-state index in [-0.39, 0.29) is 0 Å². The van der Waals surface area contributed by atoms with Crippen molar-refractivity contribution in [2.75, 3.05) is 6.61 Å². The summed E-state index contributed by atoms with van der Waals surface area (Å²) in [4.78, 5) is 0.683. The monoisotopic (exact) mass is 252 g/mol. The summed E-state index contributed by atoms with van der Waals surface area (Å²) in [6.07, 6.45) is 1.62. The standard InChI is InChI=1S/C13H16O3S/c1-10-5-7-12(8-6-10)17(14,15)11(2)13-4-3-9-16-13/h5-8H,3-4,9H2,1-2H3/b13-11+. The van der Waals surface area contributed by atoms with E-state index in [0.717, 1.165) is 18.4 Å². The molecule has 3 nitrogen and oxygen atoms in total. The molecule has 2 rings (SSSR count). The molecule has 0 N–H and O–H groups in total. The summed E-state index contributed by atoms with van der Waals surface area (Å²) in [5.41, 5.74) is 1.05. The van der Waals surface area contributed by atoms with Gasteiger partial charge in [-0.2, -0.15) is 0 Å². The zero-order chi connectivity index (χ0) is 12.5. The SMILES string of the molecule is C/C(=C1/CCCO1)S(=O)(=O)c1ccc(C)cc1. The third-order valence-electron chi connectivity index (χ3n) is 2.95. The van der Waals surface area contributed by atoms with E-state index < -0.39 is 9.84 Å². The summed E-state index contributed by atoms with van der Waals surface area (Å²) in [6, 6.07) is 6.90.